The molecule has 0 radical (unpaired) electrons. The molecule has 1 aromatic carbocycles. The molecule has 0 heterocycles. The Labute approximate surface area is 136 Å². The Hall–Kier alpha value is -1.06. The summed E-state index contributed by atoms with van der Waals surface area (Å²) >= 11 is 0. The van der Waals surface area contributed by atoms with Crippen LogP contribution in [0.5, 0.6) is 5.75 Å². The summed E-state index contributed by atoms with van der Waals surface area (Å²) in [7, 11) is 0. The number of unbranched alkanes of at least 4 members (excludes halogenated alkanes) is 1. The van der Waals surface area contributed by atoms with Crippen molar-refractivity contribution >= 4 is 0 Å². The van der Waals surface area contributed by atoms with Gasteiger partial charge in [0, 0.05) is 12.1 Å². The van der Waals surface area contributed by atoms with Gasteiger partial charge in [-0.3, -0.25) is 4.90 Å². The zero-order valence-corrected chi connectivity index (χ0v) is 14.9. The summed E-state index contributed by atoms with van der Waals surface area (Å²) in [6.45, 7) is 13.6. The highest BCUT2D eigenvalue weighted by atomic mass is 16.5. The highest BCUT2D eigenvalue weighted by Crippen LogP contribution is 2.22. The van der Waals surface area contributed by atoms with Crippen LogP contribution in [0, 0.1) is 0 Å². The Bertz CT molecular complexity index is 408. The van der Waals surface area contributed by atoms with Gasteiger partial charge in [0.25, 0.3) is 0 Å². The highest BCUT2D eigenvalue weighted by molar-refractivity contribution is 5.28. The molecule has 0 saturated carbocycles. The van der Waals surface area contributed by atoms with Crippen molar-refractivity contribution in [3.63, 3.8) is 0 Å². The predicted octanol–water partition coefficient (Wildman–Crippen LogP) is 4.41. The minimum Gasteiger partial charge on any atom is -0.494 e. The largest absolute Gasteiger partial charge is 0.494 e. The molecule has 0 fully saturated rings. The van der Waals surface area contributed by atoms with Crippen molar-refractivity contribution < 1.29 is 9.84 Å². The number of nitrogens with zero attached hydrogens (tertiary/aromatic N) is 1. The molecule has 1 rings (SSSR count). The number of aliphatic hydroxyl groups excluding tert-OH is 1. The topological polar surface area (TPSA) is 32.7 Å². The van der Waals surface area contributed by atoms with E-state index in [0.29, 0.717) is 0 Å². The van der Waals surface area contributed by atoms with Gasteiger partial charge in [-0.2, -0.15) is 0 Å². The van der Waals surface area contributed by atoms with Crippen molar-refractivity contribution in [1.29, 1.82) is 0 Å². The lowest BCUT2D eigenvalue weighted by atomic mass is 10.0. The van der Waals surface area contributed by atoms with Gasteiger partial charge < -0.3 is 9.84 Å². The summed E-state index contributed by atoms with van der Waals surface area (Å²) in [5, 5.41) is 10.4. The molecule has 0 bridgehead atoms. The fraction of sp³-hybridized carbons (Fsp3) is 0.684. The van der Waals surface area contributed by atoms with Gasteiger partial charge in [-0.1, -0.05) is 32.4 Å². The van der Waals surface area contributed by atoms with E-state index in [2.05, 4.69) is 39.5 Å². The van der Waals surface area contributed by atoms with Gasteiger partial charge in [-0.25, -0.2) is 0 Å². The van der Waals surface area contributed by atoms with Gasteiger partial charge in [-0.15, -0.1) is 0 Å². The molecule has 0 aromatic heterocycles. The smallest absolute Gasteiger partial charge is 0.119 e. The Morgan fingerprint density at radius 3 is 2.27 bits per heavy atom. The summed E-state index contributed by atoms with van der Waals surface area (Å²) in [5.41, 5.74) is 1.11. The van der Waals surface area contributed by atoms with E-state index in [9.17, 15) is 5.11 Å². The van der Waals surface area contributed by atoms with Crippen LogP contribution in [0.25, 0.3) is 0 Å². The zero-order valence-electron chi connectivity index (χ0n) is 14.9. The molecule has 1 unspecified atom stereocenters. The second-order valence-corrected chi connectivity index (χ2v) is 6.83. The van der Waals surface area contributed by atoms with E-state index < -0.39 is 6.10 Å². The van der Waals surface area contributed by atoms with Crippen molar-refractivity contribution in [2.24, 2.45) is 0 Å². The van der Waals surface area contributed by atoms with Gasteiger partial charge in [-0.05, 0) is 57.9 Å². The van der Waals surface area contributed by atoms with Gasteiger partial charge in [0.2, 0.25) is 0 Å². The standard InChI is InChI=1S/C19H33NO2/c1-6-8-15-22-17-11-9-16(10-12-17)18(21)13-14-20(7-2)19(3,4)5/h9-12,18,21H,6-8,13-15H2,1-5H3. The van der Waals surface area contributed by atoms with Crippen LogP contribution in [0.15, 0.2) is 24.3 Å². The molecule has 0 aliphatic rings. The van der Waals surface area contributed by atoms with E-state index in [-0.39, 0.29) is 5.54 Å². The fourth-order valence-electron chi connectivity index (χ4n) is 2.53. The van der Waals surface area contributed by atoms with E-state index in [0.717, 1.165) is 50.3 Å². The molecule has 22 heavy (non-hydrogen) atoms. The van der Waals surface area contributed by atoms with Crippen LogP contribution in [-0.4, -0.2) is 35.2 Å². The molecule has 1 atom stereocenters. The first-order chi connectivity index (χ1) is 10.4. The Morgan fingerprint density at radius 1 is 1.14 bits per heavy atom. The summed E-state index contributed by atoms with van der Waals surface area (Å²) in [4.78, 5) is 2.39. The molecule has 0 amide bonds. The average Bonchev–Trinajstić information content (AvgIpc) is 2.47. The molecule has 126 valence electrons. The number of ether oxygens (including phenoxy) is 1. The third-order valence-electron chi connectivity index (χ3n) is 4.03. The predicted molar refractivity (Wildman–Crippen MR) is 93.4 cm³/mol. The Morgan fingerprint density at radius 2 is 1.77 bits per heavy atom. The monoisotopic (exact) mass is 307 g/mol. The SMILES string of the molecule is CCCCOc1ccc(C(O)CCN(CC)C(C)(C)C)cc1. The van der Waals surface area contributed by atoms with Gasteiger partial charge in [0.05, 0.1) is 12.7 Å². The molecule has 1 aromatic rings. The van der Waals surface area contributed by atoms with Crippen molar-refractivity contribution in [3.8, 4) is 5.75 Å². The molecule has 0 saturated heterocycles. The third kappa shape index (κ3) is 6.37. The minimum atomic E-state index is -0.416. The van der Waals surface area contributed by atoms with Crippen molar-refractivity contribution in [2.45, 2.75) is 65.5 Å². The van der Waals surface area contributed by atoms with Crippen LogP contribution in [0.2, 0.25) is 0 Å². The quantitative estimate of drug-likeness (QED) is 0.686. The van der Waals surface area contributed by atoms with Crippen LogP contribution in [0.3, 0.4) is 0 Å². The lowest BCUT2D eigenvalue weighted by Crippen LogP contribution is -2.42. The lowest BCUT2D eigenvalue weighted by Gasteiger charge is -2.35. The minimum absolute atomic E-state index is 0.144. The van der Waals surface area contributed by atoms with Crippen molar-refractivity contribution in [2.75, 3.05) is 19.7 Å². The molecule has 1 N–H and O–H groups in total. The van der Waals surface area contributed by atoms with Crippen LogP contribution >= 0.6 is 0 Å². The second kappa shape index (κ2) is 9.16. The number of aliphatic hydroxyl groups is 1. The third-order valence-corrected chi connectivity index (χ3v) is 4.03. The number of rotatable bonds is 9. The zero-order chi connectivity index (χ0) is 16.6. The van der Waals surface area contributed by atoms with E-state index >= 15 is 0 Å². The maximum absolute atomic E-state index is 10.4. The van der Waals surface area contributed by atoms with Gasteiger partial charge >= 0.3 is 0 Å². The molecule has 0 aliphatic carbocycles. The van der Waals surface area contributed by atoms with Crippen molar-refractivity contribution in [1.82, 2.24) is 4.90 Å². The molecule has 0 aliphatic heterocycles. The van der Waals surface area contributed by atoms with E-state index in [1.165, 1.54) is 0 Å². The first-order valence-electron chi connectivity index (χ1n) is 8.54. The van der Waals surface area contributed by atoms with Gasteiger partial charge in [0.15, 0.2) is 0 Å². The fourth-order valence-corrected chi connectivity index (χ4v) is 2.53. The number of hydrogen-bond donors (Lipinski definition) is 1. The highest BCUT2D eigenvalue weighted by Gasteiger charge is 2.20. The molecule has 3 heteroatoms. The van der Waals surface area contributed by atoms with E-state index in [1.54, 1.807) is 0 Å². The van der Waals surface area contributed by atoms with Crippen LogP contribution < -0.4 is 4.74 Å². The lowest BCUT2D eigenvalue weighted by molar-refractivity contribution is 0.0997. The van der Waals surface area contributed by atoms with Crippen LogP contribution in [0.1, 0.15) is 65.5 Å². The summed E-state index contributed by atoms with van der Waals surface area (Å²) in [6, 6.07) is 7.85. The average molecular weight is 307 g/mol. The Balaban J connectivity index is 2.50. The first-order valence-corrected chi connectivity index (χ1v) is 8.54. The second-order valence-electron chi connectivity index (χ2n) is 6.83. The number of benzene rings is 1. The van der Waals surface area contributed by atoms with E-state index in [1.807, 2.05) is 24.3 Å². The molecular formula is C19H33NO2. The van der Waals surface area contributed by atoms with Gasteiger partial charge in [0.1, 0.15) is 5.75 Å². The maximum atomic E-state index is 10.4. The number of hydrogen-bond acceptors (Lipinski definition) is 3. The molecule has 0 spiro atoms. The summed E-state index contributed by atoms with van der Waals surface area (Å²) < 4.78 is 5.65. The van der Waals surface area contributed by atoms with Crippen LogP contribution in [0.4, 0.5) is 0 Å². The molecule has 3 nitrogen and oxygen atoms in total. The Kier molecular flexibility index (Phi) is 7.91. The van der Waals surface area contributed by atoms with Crippen LogP contribution in [-0.2, 0) is 0 Å². The molecular weight excluding hydrogens is 274 g/mol. The van der Waals surface area contributed by atoms with E-state index in [4.69, 9.17) is 4.74 Å². The normalized spacial score (nSPS) is 13.4. The first kappa shape index (κ1) is 19.0. The summed E-state index contributed by atoms with van der Waals surface area (Å²) in [5.74, 6) is 0.884. The van der Waals surface area contributed by atoms with Crippen molar-refractivity contribution in [3.05, 3.63) is 29.8 Å². The summed E-state index contributed by atoms with van der Waals surface area (Å²) in [6.07, 6.45) is 2.55. The maximum Gasteiger partial charge on any atom is 0.119 e.